The Morgan fingerprint density at radius 2 is 2.00 bits per heavy atom. The van der Waals surface area contributed by atoms with Gasteiger partial charge in [-0.05, 0) is 42.4 Å². The van der Waals surface area contributed by atoms with Crippen LogP contribution >= 0.6 is 11.6 Å². The number of halogens is 1. The van der Waals surface area contributed by atoms with E-state index in [-0.39, 0.29) is 11.9 Å². The van der Waals surface area contributed by atoms with Gasteiger partial charge in [-0.25, -0.2) is 0 Å². The Morgan fingerprint density at radius 1 is 1.37 bits per heavy atom. The summed E-state index contributed by atoms with van der Waals surface area (Å²) in [5.41, 5.74) is 2.33. The van der Waals surface area contributed by atoms with Gasteiger partial charge in [0.25, 0.3) is 0 Å². The van der Waals surface area contributed by atoms with Crippen molar-refractivity contribution in [2.24, 2.45) is 5.41 Å². The Bertz CT molecular complexity index is 447. The first-order valence-corrected chi connectivity index (χ1v) is 6.98. The minimum absolute atomic E-state index is 0.237. The molecule has 3 heteroatoms. The molecule has 0 heterocycles. The average Bonchev–Trinajstić information content (AvgIpc) is 2.34. The van der Waals surface area contributed by atoms with Gasteiger partial charge >= 0.3 is 5.97 Å². The normalized spacial score (nSPS) is 13.2. The number of benzene rings is 1. The molecule has 0 saturated heterocycles. The van der Waals surface area contributed by atoms with Crippen molar-refractivity contribution in [1.82, 2.24) is 0 Å². The number of hydrogen-bond donors (Lipinski definition) is 0. The van der Waals surface area contributed by atoms with Crippen LogP contribution in [0.1, 0.15) is 51.2 Å². The predicted octanol–water partition coefficient (Wildman–Crippen LogP) is 4.60. The molecule has 0 bridgehead atoms. The number of carbonyl (C=O) groups is 1. The van der Waals surface area contributed by atoms with E-state index >= 15 is 0 Å². The zero-order valence-electron chi connectivity index (χ0n) is 12.4. The van der Waals surface area contributed by atoms with E-state index in [2.05, 4.69) is 20.8 Å². The van der Waals surface area contributed by atoms with Crippen molar-refractivity contribution in [2.45, 2.75) is 46.5 Å². The SMILES string of the molecule is COC(=O)C(C)c1ccc(CCC(C)(C)C)c(Cl)c1. The highest BCUT2D eigenvalue weighted by Crippen LogP contribution is 2.28. The molecule has 0 radical (unpaired) electrons. The molecule has 1 unspecified atom stereocenters. The molecule has 0 aliphatic carbocycles. The Labute approximate surface area is 121 Å². The summed E-state index contributed by atoms with van der Waals surface area (Å²) in [5.74, 6) is -0.516. The van der Waals surface area contributed by atoms with Crippen molar-refractivity contribution in [1.29, 1.82) is 0 Å². The monoisotopic (exact) mass is 282 g/mol. The third-order valence-corrected chi connectivity index (χ3v) is 3.63. The zero-order chi connectivity index (χ0) is 14.6. The summed E-state index contributed by atoms with van der Waals surface area (Å²) in [5, 5.41) is 0.734. The first-order chi connectivity index (χ1) is 8.74. The largest absolute Gasteiger partial charge is 0.469 e. The van der Waals surface area contributed by atoms with E-state index < -0.39 is 0 Å². The molecule has 106 valence electrons. The summed E-state index contributed by atoms with van der Waals surface area (Å²) in [6.45, 7) is 8.48. The Kier molecular flexibility index (Phi) is 5.42. The van der Waals surface area contributed by atoms with Crippen LogP contribution in [-0.4, -0.2) is 13.1 Å². The number of rotatable bonds is 4. The van der Waals surface area contributed by atoms with Crippen molar-refractivity contribution in [2.75, 3.05) is 7.11 Å². The predicted molar refractivity (Wildman–Crippen MR) is 79.7 cm³/mol. The van der Waals surface area contributed by atoms with Crippen LogP contribution in [0.3, 0.4) is 0 Å². The van der Waals surface area contributed by atoms with E-state index in [4.69, 9.17) is 16.3 Å². The molecule has 0 aliphatic heterocycles. The lowest BCUT2D eigenvalue weighted by Gasteiger charge is -2.18. The van der Waals surface area contributed by atoms with Crippen molar-refractivity contribution in [3.63, 3.8) is 0 Å². The maximum absolute atomic E-state index is 11.5. The molecule has 2 nitrogen and oxygen atoms in total. The molecule has 19 heavy (non-hydrogen) atoms. The lowest BCUT2D eigenvalue weighted by Crippen LogP contribution is -2.11. The Balaban J connectivity index is 2.83. The van der Waals surface area contributed by atoms with Gasteiger partial charge in [0.05, 0.1) is 13.0 Å². The Hall–Kier alpha value is -1.02. The molecule has 1 aromatic carbocycles. The van der Waals surface area contributed by atoms with E-state index in [0.717, 1.165) is 29.0 Å². The first kappa shape index (κ1) is 16.0. The number of methoxy groups -OCH3 is 1. The molecule has 1 atom stereocenters. The summed E-state index contributed by atoms with van der Waals surface area (Å²) in [4.78, 5) is 11.5. The fourth-order valence-corrected chi connectivity index (χ4v) is 2.14. The van der Waals surface area contributed by atoms with E-state index in [1.54, 1.807) is 0 Å². The molecule has 0 saturated carbocycles. The molecular formula is C16H23ClO2. The maximum atomic E-state index is 11.5. The van der Waals surface area contributed by atoms with E-state index in [9.17, 15) is 4.79 Å². The second-order valence-electron chi connectivity index (χ2n) is 6.16. The molecule has 0 aromatic heterocycles. The molecule has 1 aromatic rings. The number of aryl methyl sites for hydroxylation is 1. The van der Waals surface area contributed by atoms with Gasteiger partial charge in [0.15, 0.2) is 0 Å². The molecule has 0 fully saturated rings. The molecular weight excluding hydrogens is 260 g/mol. The van der Waals surface area contributed by atoms with Crippen LogP contribution in [0.4, 0.5) is 0 Å². The quantitative estimate of drug-likeness (QED) is 0.755. The van der Waals surface area contributed by atoms with Gasteiger partial charge < -0.3 is 4.74 Å². The lowest BCUT2D eigenvalue weighted by molar-refractivity contribution is -0.141. The van der Waals surface area contributed by atoms with Gasteiger partial charge in [0.1, 0.15) is 0 Å². The van der Waals surface area contributed by atoms with E-state index in [1.165, 1.54) is 7.11 Å². The van der Waals surface area contributed by atoms with Crippen molar-refractivity contribution < 1.29 is 9.53 Å². The summed E-state index contributed by atoms with van der Waals surface area (Å²) >= 11 is 6.30. The van der Waals surface area contributed by atoms with Gasteiger partial charge in [-0.3, -0.25) is 4.79 Å². The highest BCUT2D eigenvalue weighted by Gasteiger charge is 2.17. The van der Waals surface area contributed by atoms with Crippen LogP contribution in [0.25, 0.3) is 0 Å². The fourth-order valence-electron chi connectivity index (χ4n) is 1.86. The second kappa shape index (κ2) is 6.42. The summed E-state index contributed by atoms with van der Waals surface area (Å²) < 4.78 is 4.75. The van der Waals surface area contributed by atoms with Crippen LogP contribution in [-0.2, 0) is 16.0 Å². The van der Waals surface area contributed by atoms with Crippen LogP contribution in [0.15, 0.2) is 18.2 Å². The smallest absolute Gasteiger partial charge is 0.312 e. The van der Waals surface area contributed by atoms with Crippen LogP contribution in [0.2, 0.25) is 5.02 Å². The van der Waals surface area contributed by atoms with Crippen molar-refractivity contribution in [3.05, 3.63) is 34.3 Å². The molecule has 1 rings (SSSR count). The van der Waals surface area contributed by atoms with Gasteiger partial charge in [0.2, 0.25) is 0 Å². The molecule has 0 spiro atoms. The highest BCUT2D eigenvalue weighted by atomic mass is 35.5. The summed E-state index contributed by atoms with van der Waals surface area (Å²) in [6, 6.07) is 5.86. The number of carbonyl (C=O) groups excluding carboxylic acids is 1. The average molecular weight is 283 g/mol. The van der Waals surface area contributed by atoms with Gasteiger partial charge in [-0.1, -0.05) is 44.5 Å². The minimum atomic E-state index is -0.279. The fraction of sp³-hybridized carbons (Fsp3) is 0.562. The van der Waals surface area contributed by atoms with E-state index in [1.807, 2.05) is 25.1 Å². The van der Waals surface area contributed by atoms with Crippen LogP contribution in [0, 0.1) is 5.41 Å². The minimum Gasteiger partial charge on any atom is -0.469 e. The third kappa shape index (κ3) is 4.87. The third-order valence-electron chi connectivity index (χ3n) is 3.28. The molecule has 0 N–H and O–H groups in total. The number of esters is 1. The van der Waals surface area contributed by atoms with Crippen molar-refractivity contribution in [3.8, 4) is 0 Å². The first-order valence-electron chi connectivity index (χ1n) is 6.61. The van der Waals surface area contributed by atoms with E-state index in [0.29, 0.717) is 5.41 Å². The topological polar surface area (TPSA) is 26.3 Å². The van der Waals surface area contributed by atoms with Gasteiger partial charge in [-0.2, -0.15) is 0 Å². The molecule has 0 amide bonds. The standard InChI is InChI=1S/C16H23ClO2/c1-11(15(18)19-5)13-7-6-12(14(17)10-13)8-9-16(2,3)4/h6-7,10-11H,8-9H2,1-5H3. The lowest BCUT2D eigenvalue weighted by atomic mass is 9.88. The van der Waals surface area contributed by atoms with Gasteiger partial charge in [0, 0.05) is 5.02 Å². The van der Waals surface area contributed by atoms with Crippen LogP contribution < -0.4 is 0 Å². The Morgan fingerprint density at radius 3 is 2.47 bits per heavy atom. The highest BCUT2D eigenvalue weighted by molar-refractivity contribution is 6.31. The van der Waals surface area contributed by atoms with Crippen molar-refractivity contribution >= 4 is 17.6 Å². The number of ether oxygens (including phenoxy) is 1. The van der Waals surface area contributed by atoms with Gasteiger partial charge in [-0.15, -0.1) is 0 Å². The number of hydrogen-bond acceptors (Lipinski definition) is 2. The van der Waals surface area contributed by atoms with Crippen LogP contribution in [0.5, 0.6) is 0 Å². The maximum Gasteiger partial charge on any atom is 0.312 e. The zero-order valence-corrected chi connectivity index (χ0v) is 13.2. The molecule has 0 aliphatic rings. The summed E-state index contributed by atoms with van der Waals surface area (Å²) in [7, 11) is 1.40. The second-order valence-corrected chi connectivity index (χ2v) is 6.56. The summed E-state index contributed by atoms with van der Waals surface area (Å²) in [6.07, 6.45) is 2.04.